The van der Waals surface area contributed by atoms with Crippen LogP contribution in [0.25, 0.3) is 16.5 Å². The van der Waals surface area contributed by atoms with Gasteiger partial charge in [0.25, 0.3) is 0 Å². The van der Waals surface area contributed by atoms with Crippen LogP contribution in [0, 0.1) is 0 Å². The molecule has 3 rings (SSSR count). The van der Waals surface area contributed by atoms with Gasteiger partial charge in [0, 0.05) is 22.3 Å². The topological polar surface area (TPSA) is 4.93 Å². The summed E-state index contributed by atoms with van der Waals surface area (Å²) in [4.78, 5) is 0. The smallest absolute Gasteiger partial charge is 0.0842 e. The van der Waals surface area contributed by atoms with E-state index in [1.165, 1.54) is 22.2 Å². The maximum absolute atomic E-state index is 2.60. The average Bonchev–Trinajstić information content (AvgIpc) is 2.86. The molecule has 1 nitrogen and oxygen atoms in total. The monoisotopic (exact) mass is 283 g/mol. The molecule has 0 spiro atoms. The summed E-state index contributed by atoms with van der Waals surface area (Å²) in [6, 6.07) is 11.2. The van der Waals surface area contributed by atoms with E-state index in [0.717, 1.165) is 0 Å². The quantitative estimate of drug-likeness (QED) is 0.596. The van der Waals surface area contributed by atoms with Crippen molar-refractivity contribution in [2.24, 2.45) is 0 Å². The number of allylic oxidation sites excluding steroid dienone is 2. The number of para-hydroxylation sites is 1. The Bertz CT molecular complexity index is 698. The Morgan fingerprint density at radius 3 is 2.40 bits per heavy atom. The van der Waals surface area contributed by atoms with Crippen molar-refractivity contribution in [3.63, 3.8) is 0 Å². The summed E-state index contributed by atoms with van der Waals surface area (Å²) in [7, 11) is -1.46. The Morgan fingerprint density at radius 2 is 1.75 bits per heavy atom. The number of nitrogens with zero attached hydrogens (tertiary/aromatic N) is 1. The van der Waals surface area contributed by atoms with Gasteiger partial charge in [-0.05, 0) is 29.7 Å². The van der Waals surface area contributed by atoms with Crippen LogP contribution < -0.4 is 0 Å². The predicted molar refractivity (Wildman–Crippen MR) is 91.8 cm³/mol. The summed E-state index contributed by atoms with van der Waals surface area (Å²) in [6.07, 6.45) is 2.51. The highest BCUT2D eigenvalue weighted by atomic mass is 28.3. The summed E-state index contributed by atoms with van der Waals surface area (Å²) >= 11 is 0. The zero-order valence-corrected chi connectivity index (χ0v) is 14.5. The fourth-order valence-electron chi connectivity index (χ4n) is 3.15. The second-order valence-corrected chi connectivity index (χ2v) is 13.3. The van der Waals surface area contributed by atoms with E-state index in [1.54, 1.807) is 0 Å². The molecule has 0 N–H and O–H groups in total. The van der Waals surface area contributed by atoms with Crippen LogP contribution in [-0.2, 0) is 0 Å². The summed E-state index contributed by atoms with van der Waals surface area (Å²) < 4.78 is 2.60. The summed E-state index contributed by atoms with van der Waals surface area (Å²) in [5.74, 6) is 0. The van der Waals surface area contributed by atoms with Crippen LogP contribution in [0.5, 0.6) is 0 Å². The van der Waals surface area contributed by atoms with Crippen LogP contribution in [0.3, 0.4) is 0 Å². The third kappa shape index (κ3) is 1.74. The van der Waals surface area contributed by atoms with Gasteiger partial charge in [0.1, 0.15) is 0 Å². The molecule has 1 aliphatic rings. The molecule has 2 heteroatoms. The lowest BCUT2D eigenvalue weighted by atomic mass is 10.2. The van der Waals surface area contributed by atoms with Gasteiger partial charge in [-0.3, -0.25) is 0 Å². The van der Waals surface area contributed by atoms with Gasteiger partial charge in [-0.15, -0.1) is 0 Å². The lowest BCUT2D eigenvalue weighted by molar-refractivity contribution is 0.667. The van der Waals surface area contributed by atoms with E-state index in [4.69, 9.17) is 0 Å². The number of fused-ring (bicyclic) bond motifs is 3. The minimum Gasteiger partial charge on any atom is -0.337 e. The highest BCUT2D eigenvalue weighted by Crippen LogP contribution is 2.48. The molecule has 20 heavy (non-hydrogen) atoms. The van der Waals surface area contributed by atoms with Gasteiger partial charge in [0.15, 0.2) is 0 Å². The van der Waals surface area contributed by atoms with E-state index in [9.17, 15) is 0 Å². The Kier molecular flexibility index (Phi) is 2.81. The van der Waals surface area contributed by atoms with Gasteiger partial charge in [0.05, 0.1) is 8.07 Å². The molecule has 0 saturated heterocycles. The lowest BCUT2D eigenvalue weighted by Gasteiger charge is -2.42. The minimum absolute atomic E-state index is 0.390. The molecule has 1 aromatic heterocycles. The Labute approximate surface area is 123 Å². The second kappa shape index (κ2) is 4.11. The van der Waals surface area contributed by atoms with Crippen LogP contribution in [0.15, 0.2) is 36.4 Å². The number of benzene rings is 1. The third-order valence-corrected chi connectivity index (χ3v) is 11.3. The molecule has 2 aromatic rings. The predicted octanol–water partition coefficient (Wildman–Crippen LogP) is 5.65. The minimum atomic E-state index is -1.46. The molecule has 0 unspecified atom stereocenters. The van der Waals surface area contributed by atoms with E-state index in [0.29, 0.717) is 10.7 Å². The zero-order chi connectivity index (χ0) is 14.7. The van der Waals surface area contributed by atoms with Crippen molar-refractivity contribution < 1.29 is 0 Å². The Balaban J connectivity index is 2.25. The molecule has 0 fully saturated rings. The molecule has 0 saturated carbocycles. The van der Waals surface area contributed by atoms with Crippen molar-refractivity contribution in [3.8, 4) is 0 Å². The molecule has 1 atom stereocenters. The standard InChI is InChI=1S/C18H25NSi/c1-13-11-17(20(5,6)18(2,3)4)19-15-10-8-7-9-14(15)12-16(13)19/h7-12,17H,1-6H3/t17-/m0/s1. The van der Waals surface area contributed by atoms with E-state index >= 15 is 0 Å². The number of rotatable bonds is 1. The molecular weight excluding hydrogens is 258 g/mol. The van der Waals surface area contributed by atoms with Gasteiger partial charge in [-0.2, -0.15) is 0 Å². The van der Waals surface area contributed by atoms with Crippen molar-refractivity contribution in [1.29, 1.82) is 0 Å². The van der Waals surface area contributed by atoms with E-state index in [2.05, 4.69) is 81.8 Å². The maximum Gasteiger partial charge on any atom is 0.0842 e. The summed E-state index contributed by atoms with van der Waals surface area (Å²) in [6.45, 7) is 14.6. The van der Waals surface area contributed by atoms with Crippen LogP contribution >= 0.6 is 0 Å². The van der Waals surface area contributed by atoms with Gasteiger partial charge in [0.2, 0.25) is 0 Å². The highest BCUT2D eigenvalue weighted by molar-refractivity contribution is 6.81. The molecule has 0 bridgehead atoms. The molecule has 1 aromatic carbocycles. The summed E-state index contributed by atoms with van der Waals surface area (Å²) in [5, 5.41) is 1.76. The van der Waals surface area contributed by atoms with Crippen molar-refractivity contribution in [3.05, 3.63) is 42.1 Å². The van der Waals surface area contributed by atoms with Gasteiger partial charge in [-0.1, -0.05) is 58.1 Å². The molecule has 0 amide bonds. The first-order valence-corrected chi connectivity index (χ1v) is 10.6. The van der Waals surface area contributed by atoms with Crippen molar-refractivity contribution in [2.45, 2.75) is 51.5 Å². The molecule has 0 radical (unpaired) electrons. The molecule has 2 heterocycles. The number of hydrogen-bond donors (Lipinski definition) is 0. The fourth-order valence-corrected chi connectivity index (χ4v) is 5.63. The second-order valence-electron chi connectivity index (χ2n) is 7.72. The van der Waals surface area contributed by atoms with Crippen LogP contribution in [0.2, 0.25) is 18.1 Å². The van der Waals surface area contributed by atoms with Gasteiger partial charge in [-0.25, -0.2) is 0 Å². The normalized spacial score (nSPS) is 19.3. The van der Waals surface area contributed by atoms with Crippen molar-refractivity contribution >= 4 is 24.5 Å². The van der Waals surface area contributed by atoms with Gasteiger partial charge < -0.3 is 4.57 Å². The number of hydrogen-bond acceptors (Lipinski definition) is 0. The Hall–Kier alpha value is -1.28. The number of aromatic nitrogens is 1. The fraction of sp³-hybridized carbons (Fsp3) is 0.444. The molecule has 0 aliphatic carbocycles. The zero-order valence-electron chi connectivity index (χ0n) is 13.5. The Morgan fingerprint density at radius 1 is 1.10 bits per heavy atom. The first-order chi connectivity index (χ1) is 9.23. The van der Waals surface area contributed by atoms with E-state index < -0.39 is 8.07 Å². The third-order valence-electron chi connectivity index (χ3n) is 5.51. The molecule has 106 valence electrons. The maximum atomic E-state index is 2.60. The average molecular weight is 283 g/mol. The van der Waals surface area contributed by atoms with Gasteiger partial charge >= 0.3 is 0 Å². The molecule has 1 aliphatic heterocycles. The van der Waals surface area contributed by atoms with Crippen LogP contribution in [0.1, 0.15) is 39.1 Å². The van der Waals surface area contributed by atoms with E-state index in [1.807, 2.05) is 0 Å². The first-order valence-electron chi connectivity index (χ1n) is 7.52. The first kappa shape index (κ1) is 13.7. The SMILES string of the molecule is CC1=C[C@H]([Si](C)(C)C(C)(C)C)n2c1cc1ccccc12. The largest absolute Gasteiger partial charge is 0.337 e. The van der Waals surface area contributed by atoms with E-state index in [-0.39, 0.29) is 0 Å². The summed E-state index contributed by atoms with van der Waals surface area (Å²) in [5.41, 5.74) is 4.82. The molecular formula is C18H25NSi. The highest BCUT2D eigenvalue weighted by Gasteiger charge is 2.44. The van der Waals surface area contributed by atoms with Crippen LogP contribution in [0.4, 0.5) is 0 Å². The lowest BCUT2D eigenvalue weighted by Crippen LogP contribution is -2.45. The van der Waals surface area contributed by atoms with Crippen LogP contribution in [-0.4, -0.2) is 12.6 Å². The van der Waals surface area contributed by atoms with Crippen molar-refractivity contribution in [2.75, 3.05) is 0 Å². The van der Waals surface area contributed by atoms with Crippen molar-refractivity contribution in [1.82, 2.24) is 4.57 Å².